The van der Waals surface area contributed by atoms with Gasteiger partial charge in [0, 0.05) is 32.0 Å². The van der Waals surface area contributed by atoms with Crippen LogP contribution in [0.3, 0.4) is 0 Å². The van der Waals surface area contributed by atoms with Gasteiger partial charge in [0.2, 0.25) is 0 Å². The molecule has 1 aliphatic carbocycles. The summed E-state index contributed by atoms with van der Waals surface area (Å²) in [6.45, 7) is 6.19. The molecule has 2 fully saturated rings. The molecule has 86 valence electrons. The first-order chi connectivity index (χ1) is 6.99. The number of hydrogen-bond acceptors (Lipinski definition) is 3. The highest BCUT2D eigenvalue weighted by atomic mass is 16.3. The van der Waals surface area contributed by atoms with E-state index in [1.54, 1.807) is 0 Å². The first kappa shape index (κ1) is 11.1. The Bertz CT molecular complexity index is 262. The molecule has 0 aromatic carbocycles. The maximum atomic E-state index is 11.5. The molecule has 0 radical (unpaired) electrons. The normalized spacial score (nSPS) is 37.1. The molecule has 0 aromatic rings. The van der Waals surface area contributed by atoms with Gasteiger partial charge in [0.15, 0.2) is 0 Å². The predicted molar refractivity (Wildman–Crippen MR) is 58.6 cm³/mol. The highest BCUT2D eigenvalue weighted by Gasteiger charge is 2.41. The molecule has 1 aliphatic heterocycles. The van der Waals surface area contributed by atoms with Crippen molar-refractivity contribution in [1.82, 2.24) is 4.90 Å². The first-order valence-electron chi connectivity index (χ1n) is 5.93. The van der Waals surface area contributed by atoms with E-state index in [2.05, 4.69) is 18.7 Å². The predicted octanol–water partition coefficient (Wildman–Crippen LogP) is 1.20. The zero-order chi connectivity index (χ0) is 11.1. The maximum absolute atomic E-state index is 11.5. The van der Waals surface area contributed by atoms with Gasteiger partial charge < -0.3 is 5.11 Å². The van der Waals surface area contributed by atoms with E-state index in [1.807, 2.05) is 0 Å². The molecule has 0 amide bonds. The molecule has 0 aromatic heterocycles. The van der Waals surface area contributed by atoms with E-state index in [1.165, 1.54) is 0 Å². The van der Waals surface area contributed by atoms with Crippen molar-refractivity contribution >= 4 is 5.78 Å². The number of ketones is 1. The molecule has 2 rings (SSSR count). The molecule has 3 heteroatoms. The van der Waals surface area contributed by atoms with Crippen molar-refractivity contribution < 1.29 is 9.90 Å². The summed E-state index contributed by atoms with van der Waals surface area (Å²) in [7, 11) is 0. The van der Waals surface area contributed by atoms with E-state index in [9.17, 15) is 9.90 Å². The number of rotatable bonds is 1. The maximum Gasteiger partial charge on any atom is 0.134 e. The Hall–Kier alpha value is -0.410. The van der Waals surface area contributed by atoms with Crippen LogP contribution in [0, 0.1) is 5.41 Å². The van der Waals surface area contributed by atoms with Crippen LogP contribution in [-0.2, 0) is 4.79 Å². The number of carbonyl (C=O) groups excluding carboxylic acids is 1. The highest BCUT2D eigenvalue weighted by molar-refractivity contribution is 5.80. The minimum absolute atomic E-state index is 0.183. The van der Waals surface area contributed by atoms with Crippen LogP contribution >= 0.6 is 0 Å². The molecule has 3 nitrogen and oxygen atoms in total. The number of hydrogen-bond donors (Lipinski definition) is 1. The fourth-order valence-electron chi connectivity index (χ4n) is 2.90. The second-order valence-electron chi connectivity index (χ2n) is 5.68. The molecule has 2 unspecified atom stereocenters. The van der Waals surface area contributed by atoms with Crippen LogP contribution in [0.5, 0.6) is 0 Å². The van der Waals surface area contributed by atoms with Gasteiger partial charge in [0.1, 0.15) is 5.78 Å². The molecule has 1 heterocycles. The van der Waals surface area contributed by atoms with Crippen LogP contribution in [0.1, 0.15) is 39.5 Å². The molecule has 0 bridgehead atoms. The lowest BCUT2D eigenvalue weighted by Gasteiger charge is -2.43. The van der Waals surface area contributed by atoms with Crippen LogP contribution in [0.15, 0.2) is 0 Å². The average molecular weight is 211 g/mol. The van der Waals surface area contributed by atoms with Gasteiger partial charge in [-0.25, -0.2) is 0 Å². The quantitative estimate of drug-likeness (QED) is 0.708. The lowest BCUT2D eigenvalue weighted by atomic mass is 9.72. The Morgan fingerprint density at radius 2 is 2.20 bits per heavy atom. The Balaban J connectivity index is 2.07. The van der Waals surface area contributed by atoms with Crippen LogP contribution in [0.2, 0.25) is 0 Å². The Labute approximate surface area is 91.5 Å². The minimum Gasteiger partial charge on any atom is -0.392 e. The SMILES string of the molecule is CC1(C)CCC(=O)CC1N1CCC(O)C1. The van der Waals surface area contributed by atoms with E-state index < -0.39 is 0 Å². The first-order valence-corrected chi connectivity index (χ1v) is 5.93. The minimum atomic E-state index is -0.183. The third kappa shape index (κ3) is 2.23. The van der Waals surface area contributed by atoms with E-state index in [0.717, 1.165) is 32.4 Å². The highest BCUT2D eigenvalue weighted by Crippen LogP contribution is 2.38. The summed E-state index contributed by atoms with van der Waals surface area (Å²) in [5.74, 6) is 0.390. The molecular weight excluding hydrogens is 190 g/mol. The van der Waals surface area contributed by atoms with E-state index >= 15 is 0 Å². The fourth-order valence-corrected chi connectivity index (χ4v) is 2.90. The molecule has 1 N–H and O–H groups in total. The summed E-state index contributed by atoms with van der Waals surface area (Å²) in [6.07, 6.45) is 3.08. The van der Waals surface area contributed by atoms with Gasteiger partial charge in [-0.3, -0.25) is 9.69 Å². The van der Waals surface area contributed by atoms with Crippen molar-refractivity contribution in [2.24, 2.45) is 5.41 Å². The van der Waals surface area contributed by atoms with Gasteiger partial charge in [0.05, 0.1) is 6.10 Å². The van der Waals surface area contributed by atoms with Gasteiger partial charge >= 0.3 is 0 Å². The van der Waals surface area contributed by atoms with Crippen molar-refractivity contribution in [3.8, 4) is 0 Å². The molecule has 15 heavy (non-hydrogen) atoms. The number of β-amino-alcohol motifs (C(OH)–C–C–N with tert-alkyl or cyclic N) is 1. The van der Waals surface area contributed by atoms with Crippen molar-refractivity contribution in [2.45, 2.75) is 51.7 Å². The number of likely N-dealkylation sites (tertiary alicyclic amines) is 1. The van der Waals surface area contributed by atoms with Crippen LogP contribution in [0.4, 0.5) is 0 Å². The summed E-state index contributed by atoms with van der Waals surface area (Å²) in [6, 6.07) is 0.343. The fraction of sp³-hybridized carbons (Fsp3) is 0.917. The Morgan fingerprint density at radius 1 is 1.47 bits per heavy atom. The lowest BCUT2D eigenvalue weighted by Crippen LogP contribution is -2.48. The number of Topliss-reactive ketones (excluding diaryl/α,β-unsaturated/α-hetero) is 1. The number of carbonyl (C=O) groups is 1. The molecule has 1 saturated heterocycles. The summed E-state index contributed by atoms with van der Waals surface area (Å²) in [4.78, 5) is 13.8. The van der Waals surface area contributed by atoms with Crippen LogP contribution in [0.25, 0.3) is 0 Å². The molecule has 2 atom stereocenters. The van der Waals surface area contributed by atoms with Crippen molar-refractivity contribution in [2.75, 3.05) is 13.1 Å². The van der Waals surface area contributed by atoms with Crippen molar-refractivity contribution in [3.63, 3.8) is 0 Å². The third-order valence-corrected chi connectivity index (χ3v) is 4.01. The van der Waals surface area contributed by atoms with E-state index in [0.29, 0.717) is 18.2 Å². The smallest absolute Gasteiger partial charge is 0.134 e. The molecular formula is C12H21NO2. The van der Waals surface area contributed by atoms with Crippen molar-refractivity contribution in [3.05, 3.63) is 0 Å². The number of nitrogens with zero attached hydrogens (tertiary/aromatic N) is 1. The standard InChI is InChI=1S/C12H21NO2/c1-12(2)5-3-9(14)7-11(12)13-6-4-10(15)8-13/h10-11,15H,3-8H2,1-2H3. The number of aliphatic hydroxyl groups excluding tert-OH is 1. The lowest BCUT2D eigenvalue weighted by molar-refractivity contribution is -0.125. The summed E-state index contributed by atoms with van der Waals surface area (Å²) >= 11 is 0. The van der Waals surface area contributed by atoms with Gasteiger partial charge in [-0.1, -0.05) is 13.8 Å². The third-order valence-electron chi connectivity index (χ3n) is 4.01. The van der Waals surface area contributed by atoms with Crippen molar-refractivity contribution in [1.29, 1.82) is 0 Å². The zero-order valence-electron chi connectivity index (χ0n) is 9.70. The largest absolute Gasteiger partial charge is 0.392 e. The molecule has 0 spiro atoms. The number of aliphatic hydroxyl groups is 1. The van der Waals surface area contributed by atoms with Crippen LogP contribution < -0.4 is 0 Å². The Kier molecular flexibility index (Phi) is 2.86. The molecule has 2 aliphatic rings. The van der Waals surface area contributed by atoms with Gasteiger partial charge in [-0.15, -0.1) is 0 Å². The summed E-state index contributed by atoms with van der Waals surface area (Å²) in [5, 5.41) is 9.54. The van der Waals surface area contributed by atoms with E-state index in [4.69, 9.17) is 0 Å². The topological polar surface area (TPSA) is 40.5 Å². The van der Waals surface area contributed by atoms with E-state index in [-0.39, 0.29) is 11.5 Å². The second-order valence-corrected chi connectivity index (χ2v) is 5.68. The zero-order valence-corrected chi connectivity index (χ0v) is 9.70. The van der Waals surface area contributed by atoms with Crippen LogP contribution in [-0.4, -0.2) is 41.0 Å². The van der Waals surface area contributed by atoms with Gasteiger partial charge in [0.25, 0.3) is 0 Å². The average Bonchev–Trinajstić information content (AvgIpc) is 2.56. The summed E-state index contributed by atoms with van der Waals surface area (Å²) < 4.78 is 0. The molecule has 1 saturated carbocycles. The second kappa shape index (κ2) is 3.87. The Morgan fingerprint density at radius 3 is 2.80 bits per heavy atom. The monoisotopic (exact) mass is 211 g/mol. The summed E-state index contributed by atoms with van der Waals surface area (Å²) in [5.41, 5.74) is 0.220. The van der Waals surface area contributed by atoms with Gasteiger partial charge in [-0.2, -0.15) is 0 Å². The van der Waals surface area contributed by atoms with Gasteiger partial charge in [-0.05, 0) is 18.3 Å².